The summed E-state index contributed by atoms with van der Waals surface area (Å²) in [6, 6.07) is 11.1. The van der Waals surface area contributed by atoms with Crippen LogP contribution >= 0.6 is 11.8 Å². The molecule has 0 aliphatic heterocycles. The average Bonchev–Trinajstić information content (AvgIpc) is 2.76. The zero-order chi connectivity index (χ0) is 23.0. The first-order chi connectivity index (χ1) is 14.7. The molecule has 0 heterocycles. The Labute approximate surface area is 189 Å². The summed E-state index contributed by atoms with van der Waals surface area (Å²) in [7, 11) is 0.906. The molecule has 2 aromatic rings. The Bertz CT molecular complexity index is 978. The summed E-state index contributed by atoms with van der Waals surface area (Å²) in [6.45, 7) is 2.14. The van der Waals surface area contributed by atoms with Gasteiger partial charge >= 0.3 is 0 Å². The molecule has 1 atom stereocenters. The van der Waals surface area contributed by atoms with Crippen molar-refractivity contribution >= 4 is 27.7 Å². The van der Waals surface area contributed by atoms with E-state index >= 15 is 0 Å². The van der Waals surface area contributed by atoms with Crippen LogP contribution in [0, 0.1) is 6.92 Å². The van der Waals surface area contributed by atoms with Crippen molar-refractivity contribution in [3.05, 3.63) is 53.6 Å². The predicted octanol–water partition coefficient (Wildman–Crippen LogP) is 3.07. The number of nitrogens with one attached hydrogen (secondary N) is 1. The second-order valence-electron chi connectivity index (χ2n) is 7.12. The van der Waals surface area contributed by atoms with Gasteiger partial charge in [-0.3, -0.25) is 4.79 Å². The van der Waals surface area contributed by atoms with Crippen molar-refractivity contribution in [3.8, 4) is 11.5 Å². The molecular weight excluding hydrogens is 436 g/mol. The van der Waals surface area contributed by atoms with Gasteiger partial charge in [-0.15, -0.1) is 0 Å². The molecule has 2 rings (SSSR count). The summed E-state index contributed by atoms with van der Waals surface area (Å²) in [5.74, 6) is 1.45. The second-order valence-corrected chi connectivity index (χ2v) is 9.81. The monoisotopic (exact) mass is 466 g/mol. The third-order valence-corrected chi connectivity index (χ3v) is 6.94. The molecule has 31 heavy (non-hydrogen) atoms. The summed E-state index contributed by atoms with van der Waals surface area (Å²) < 4.78 is 39.1. The molecule has 7 nitrogen and oxygen atoms in total. The number of aryl methyl sites for hydroxylation is 1. The molecule has 0 saturated heterocycles. The van der Waals surface area contributed by atoms with E-state index in [0.717, 1.165) is 11.1 Å². The maximum absolute atomic E-state index is 13.2. The third-order valence-electron chi connectivity index (χ3n) is 4.81. The number of hydrogen-bond acceptors (Lipinski definition) is 6. The van der Waals surface area contributed by atoms with E-state index in [2.05, 4.69) is 4.72 Å². The number of para-hydroxylation sites is 1. The van der Waals surface area contributed by atoms with Crippen molar-refractivity contribution in [3.63, 3.8) is 0 Å². The quantitative estimate of drug-likeness (QED) is 0.548. The Morgan fingerprint density at radius 1 is 1.13 bits per heavy atom. The number of likely N-dealkylation sites (N-methyl/N-ethyl adjacent to an activating group) is 1. The first-order valence-corrected chi connectivity index (χ1v) is 12.6. The number of sulfonamides is 1. The number of thioether (sulfide) groups is 1. The van der Waals surface area contributed by atoms with Crippen LogP contribution in [0.15, 0.2) is 47.4 Å². The van der Waals surface area contributed by atoms with Gasteiger partial charge in [0.25, 0.3) is 0 Å². The fourth-order valence-corrected chi connectivity index (χ4v) is 4.81. The molecule has 9 heteroatoms. The number of nitrogens with zero attached hydrogens (tertiary/aromatic N) is 1. The van der Waals surface area contributed by atoms with Gasteiger partial charge in [-0.25, -0.2) is 8.42 Å². The Morgan fingerprint density at radius 3 is 2.39 bits per heavy atom. The van der Waals surface area contributed by atoms with Crippen LogP contribution in [0.4, 0.5) is 0 Å². The Balaban J connectivity index is 2.23. The maximum Gasteiger partial charge on any atom is 0.241 e. The molecule has 1 N–H and O–H groups in total. The summed E-state index contributed by atoms with van der Waals surface area (Å²) in [6.07, 6.45) is 2.30. The molecule has 0 aliphatic rings. The molecular formula is C22H30N2O5S2. The number of methoxy groups -OCH3 is 2. The Hall–Kier alpha value is -2.23. The molecule has 1 amide bonds. The first kappa shape index (κ1) is 25.0. The van der Waals surface area contributed by atoms with Gasteiger partial charge in [-0.2, -0.15) is 16.5 Å². The third kappa shape index (κ3) is 6.62. The van der Waals surface area contributed by atoms with Crippen molar-refractivity contribution < 1.29 is 22.7 Å². The fraction of sp³-hybridized carbons (Fsp3) is 0.409. The van der Waals surface area contributed by atoms with Crippen molar-refractivity contribution in [1.29, 1.82) is 0 Å². The van der Waals surface area contributed by atoms with Gasteiger partial charge in [0.1, 0.15) is 6.04 Å². The van der Waals surface area contributed by atoms with Crippen LogP contribution in [0.5, 0.6) is 11.5 Å². The maximum atomic E-state index is 13.2. The van der Waals surface area contributed by atoms with Crippen LogP contribution in [0.1, 0.15) is 17.5 Å². The molecule has 0 radical (unpaired) electrons. The van der Waals surface area contributed by atoms with Gasteiger partial charge in [-0.05, 0) is 43.6 Å². The molecule has 2 aromatic carbocycles. The van der Waals surface area contributed by atoms with Crippen LogP contribution < -0.4 is 14.2 Å². The number of carbonyl (C=O) groups excluding carboxylic acids is 1. The van der Waals surface area contributed by atoms with Crippen molar-refractivity contribution in [1.82, 2.24) is 9.62 Å². The number of hydrogen-bond donors (Lipinski definition) is 1. The number of benzene rings is 2. The molecule has 0 aromatic heterocycles. The van der Waals surface area contributed by atoms with Crippen molar-refractivity contribution in [2.24, 2.45) is 0 Å². The van der Waals surface area contributed by atoms with Gasteiger partial charge in [0.05, 0.1) is 19.1 Å². The summed E-state index contributed by atoms with van der Waals surface area (Å²) in [4.78, 5) is 14.8. The minimum atomic E-state index is -3.83. The lowest BCUT2D eigenvalue weighted by Gasteiger charge is -2.25. The van der Waals surface area contributed by atoms with Crippen molar-refractivity contribution in [2.75, 3.05) is 33.3 Å². The number of ether oxygens (including phenoxy) is 2. The van der Waals surface area contributed by atoms with Crippen LogP contribution in [0.3, 0.4) is 0 Å². The van der Waals surface area contributed by atoms with Gasteiger partial charge in [0.15, 0.2) is 11.5 Å². The summed E-state index contributed by atoms with van der Waals surface area (Å²) in [5, 5.41) is 0. The van der Waals surface area contributed by atoms with E-state index in [-0.39, 0.29) is 17.3 Å². The molecule has 0 spiro atoms. The van der Waals surface area contributed by atoms with Crippen LogP contribution in [0.25, 0.3) is 0 Å². The smallest absolute Gasteiger partial charge is 0.241 e. The molecule has 0 fully saturated rings. The van der Waals surface area contributed by atoms with Gasteiger partial charge in [0, 0.05) is 19.2 Å². The fourth-order valence-electron chi connectivity index (χ4n) is 3.12. The summed E-state index contributed by atoms with van der Waals surface area (Å²) in [5.41, 5.74) is 1.73. The van der Waals surface area contributed by atoms with E-state index in [1.165, 1.54) is 4.90 Å². The van der Waals surface area contributed by atoms with Crippen molar-refractivity contribution in [2.45, 2.75) is 30.8 Å². The lowest BCUT2D eigenvalue weighted by Crippen LogP contribution is -2.47. The normalized spacial score (nSPS) is 12.3. The van der Waals surface area contributed by atoms with E-state index in [1.54, 1.807) is 63.4 Å². The molecule has 170 valence electrons. The second kappa shape index (κ2) is 11.4. The van der Waals surface area contributed by atoms with E-state index in [4.69, 9.17) is 9.47 Å². The Morgan fingerprint density at radius 2 is 1.81 bits per heavy atom. The Kier molecular flexibility index (Phi) is 9.21. The highest BCUT2D eigenvalue weighted by Crippen LogP contribution is 2.31. The number of carbonyl (C=O) groups is 1. The van der Waals surface area contributed by atoms with E-state index < -0.39 is 16.1 Å². The van der Waals surface area contributed by atoms with Crippen LogP contribution in [0.2, 0.25) is 0 Å². The van der Waals surface area contributed by atoms with E-state index in [1.807, 2.05) is 25.3 Å². The highest BCUT2D eigenvalue weighted by Gasteiger charge is 2.28. The molecule has 0 saturated carbocycles. The topological polar surface area (TPSA) is 84.9 Å². The van der Waals surface area contributed by atoms with Crippen LogP contribution in [-0.2, 0) is 21.4 Å². The zero-order valence-corrected chi connectivity index (χ0v) is 20.2. The highest BCUT2D eigenvalue weighted by molar-refractivity contribution is 7.98. The van der Waals surface area contributed by atoms with E-state index in [9.17, 15) is 13.2 Å². The highest BCUT2D eigenvalue weighted by atomic mass is 32.2. The minimum absolute atomic E-state index is 0.136. The van der Waals surface area contributed by atoms with E-state index in [0.29, 0.717) is 23.7 Å². The standard InChI is InChI=1S/C22H30N2O5S2/c1-16-9-11-18(12-10-16)31(26,27)23-19(13-14-30-5)22(25)24(2)15-17-7-6-8-20(28-3)21(17)29-4/h6-12,19,23H,13-15H2,1-5H3. The SMILES string of the molecule is COc1cccc(CN(C)C(=O)C(CCSC)NS(=O)(=O)c2ccc(C)cc2)c1OC. The molecule has 1 unspecified atom stereocenters. The zero-order valence-electron chi connectivity index (χ0n) is 18.5. The minimum Gasteiger partial charge on any atom is -0.493 e. The largest absolute Gasteiger partial charge is 0.493 e. The number of rotatable bonds is 11. The molecule has 0 aliphatic carbocycles. The predicted molar refractivity (Wildman–Crippen MR) is 124 cm³/mol. The number of amides is 1. The van der Waals surface area contributed by atoms with Gasteiger partial charge < -0.3 is 14.4 Å². The van der Waals surface area contributed by atoms with Gasteiger partial charge in [-0.1, -0.05) is 29.8 Å². The summed E-state index contributed by atoms with van der Waals surface area (Å²) >= 11 is 1.56. The lowest BCUT2D eigenvalue weighted by atomic mass is 10.1. The van der Waals surface area contributed by atoms with Crippen LogP contribution in [-0.4, -0.2) is 58.5 Å². The lowest BCUT2D eigenvalue weighted by molar-refractivity contribution is -0.132. The van der Waals surface area contributed by atoms with Gasteiger partial charge in [0.2, 0.25) is 15.9 Å². The molecule has 0 bridgehead atoms. The average molecular weight is 467 g/mol. The first-order valence-electron chi connectivity index (χ1n) is 9.76.